The van der Waals surface area contributed by atoms with Gasteiger partial charge in [-0.25, -0.2) is 13.8 Å². The number of likely N-dealkylation sites (N-methyl/N-ethyl adjacent to an activating group) is 2. The van der Waals surface area contributed by atoms with Crippen LogP contribution in [0.25, 0.3) is 11.0 Å². The lowest BCUT2D eigenvalue weighted by Gasteiger charge is -2.26. The number of aryl methyl sites for hydroxylation is 1. The largest absolute Gasteiger partial charge is 0.494 e. The van der Waals surface area contributed by atoms with Gasteiger partial charge in [0, 0.05) is 50.9 Å². The molecule has 0 atom stereocenters. The van der Waals surface area contributed by atoms with Crippen molar-refractivity contribution in [2.75, 3.05) is 56.9 Å². The van der Waals surface area contributed by atoms with Gasteiger partial charge in [0.15, 0.2) is 17.3 Å². The fraction of sp³-hybridized carbons (Fsp3) is 0.241. The van der Waals surface area contributed by atoms with Crippen LogP contribution in [-0.4, -0.2) is 66.7 Å². The van der Waals surface area contributed by atoms with Crippen molar-refractivity contribution in [1.82, 2.24) is 19.4 Å². The van der Waals surface area contributed by atoms with E-state index in [-0.39, 0.29) is 29.0 Å². The second-order valence-corrected chi connectivity index (χ2v) is 9.63. The van der Waals surface area contributed by atoms with E-state index < -0.39 is 17.2 Å². The maximum absolute atomic E-state index is 14.1. The van der Waals surface area contributed by atoms with Crippen molar-refractivity contribution in [2.24, 2.45) is 7.05 Å². The number of carbonyl (C=O) groups excluding carboxylic acids is 1. The molecule has 0 radical (unpaired) electrons. The predicted molar refractivity (Wildman–Crippen MR) is 158 cm³/mol. The zero-order chi connectivity index (χ0) is 30.6. The topological polar surface area (TPSA) is 114 Å². The minimum Gasteiger partial charge on any atom is -0.494 e. The van der Waals surface area contributed by atoms with E-state index in [0.29, 0.717) is 35.1 Å². The Kier molecular flexibility index (Phi) is 9.01. The van der Waals surface area contributed by atoms with Gasteiger partial charge in [0.25, 0.3) is 5.56 Å². The van der Waals surface area contributed by atoms with Crippen LogP contribution in [0, 0.1) is 11.6 Å². The number of nitrogens with one attached hydrogen (secondary N) is 2. The highest BCUT2D eigenvalue weighted by molar-refractivity contribution is 6.02. The Balaban J connectivity index is 1.70. The quantitative estimate of drug-likeness (QED) is 0.252. The molecule has 0 spiro atoms. The molecule has 0 aliphatic rings. The van der Waals surface area contributed by atoms with E-state index in [1.165, 1.54) is 37.1 Å². The summed E-state index contributed by atoms with van der Waals surface area (Å²) in [6, 6.07) is 7.66. The number of hydrogen-bond donors (Lipinski definition) is 2. The number of nitrogens with zero attached hydrogens (tertiary/aromatic N) is 5. The Hall–Kier alpha value is -5.04. The average molecular weight is 580 g/mol. The van der Waals surface area contributed by atoms with Gasteiger partial charge in [0.1, 0.15) is 17.2 Å². The standard InChI is InChI=1S/C29H31F2N7O4/c1-7-26(39)33-20-14-21(24(41-6)15-22(20)37(4)11-10-36(2)3)34-29-32-16-17-12-25(28(40)38(5)27(17)35-29)42-23-9-8-18(30)13-19(23)31/h7-9,12-16H,1,10-11H2,2-6H3,(H,33,39)(H,32,34,35). The second-order valence-electron chi connectivity index (χ2n) is 9.63. The number of aromatic nitrogens is 3. The Morgan fingerprint density at radius 2 is 1.83 bits per heavy atom. The smallest absolute Gasteiger partial charge is 0.294 e. The summed E-state index contributed by atoms with van der Waals surface area (Å²) in [4.78, 5) is 38.1. The summed E-state index contributed by atoms with van der Waals surface area (Å²) in [5, 5.41) is 6.36. The van der Waals surface area contributed by atoms with Gasteiger partial charge < -0.3 is 29.9 Å². The van der Waals surface area contributed by atoms with E-state index in [2.05, 4.69) is 27.2 Å². The number of carbonyl (C=O) groups is 1. The fourth-order valence-corrected chi connectivity index (χ4v) is 4.05. The molecule has 0 unspecified atom stereocenters. The van der Waals surface area contributed by atoms with Crippen LogP contribution in [-0.2, 0) is 11.8 Å². The van der Waals surface area contributed by atoms with Crippen LogP contribution >= 0.6 is 0 Å². The second kappa shape index (κ2) is 12.6. The molecule has 11 nitrogen and oxygen atoms in total. The molecule has 0 saturated carbocycles. The Morgan fingerprint density at radius 1 is 1.07 bits per heavy atom. The van der Waals surface area contributed by atoms with Crippen LogP contribution < -0.4 is 30.6 Å². The van der Waals surface area contributed by atoms with Crippen LogP contribution in [0.5, 0.6) is 17.2 Å². The number of halogens is 2. The SMILES string of the molecule is C=CC(=O)Nc1cc(Nc2ncc3cc(Oc4ccc(F)cc4F)c(=O)n(C)c3n2)c(OC)cc1N(C)CCN(C)C. The predicted octanol–water partition coefficient (Wildman–Crippen LogP) is 4.27. The summed E-state index contributed by atoms with van der Waals surface area (Å²) in [6.07, 6.45) is 2.64. The minimum atomic E-state index is -0.944. The van der Waals surface area contributed by atoms with Crippen molar-refractivity contribution in [3.8, 4) is 17.2 Å². The van der Waals surface area contributed by atoms with Crippen molar-refractivity contribution in [2.45, 2.75) is 0 Å². The molecule has 2 heterocycles. The van der Waals surface area contributed by atoms with Crippen molar-refractivity contribution in [1.29, 1.82) is 0 Å². The summed E-state index contributed by atoms with van der Waals surface area (Å²) >= 11 is 0. The number of ether oxygens (including phenoxy) is 2. The molecule has 2 aromatic heterocycles. The van der Waals surface area contributed by atoms with Crippen molar-refractivity contribution < 1.29 is 23.0 Å². The molecule has 0 aliphatic carbocycles. The van der Waals surface area contributed by atoms with Gasteiger partial charge >= 0.3 is 0 Å². The van der Waals surface area contributed by atoms with E-state index >= 15 is 0 Å². The first-order valence-electron chi connectivity index (χ1n) is 12.8. The molecule has 4 aromatic rings. The lowest BCUT2D eigenvalue weighted by Crippen LogP contribution is -2.29. The molecule has 1 amide bonds. The summed E-state index contributed by atoms with van der Waals surface area (Å²) in [5.41, 5.74) is 1.36. The number of anilines is 4. The molecule has 42 heavy (non-hydrogen) atoms. The van der Waals surface area contributed by atoms with E-state index in [1.54, 1.807) is 12.1 Å². The van der Waals surface area contributed by atoms with Crippen LogP contribution in [0.4, 0.5) is 31.8 Å². The van der Waals surface area contributed by atoms with E-state index in [9.17, 15) is 18.4 Å². The maximum atomic E-state index is 14.1. The molecular formula is C29H31F2N7O4. The van der Waals surface area contributed by atoms with Gasteiger partial charge in [-0.1, -0.05) is 6.58 Å². The van der Waals surface area contributed by atoms with E-state index in [4.69, 9.17) is 9.47 Å². The van der Waals surface area contributed by atoms with Gasteiger partial charge in [0.05, 0.1) is 24.2 Å². The summed E-state index contributed by atoms with van der Waals surface area (Å²) in [6.45, 7) is 5.00. The fourth-order valence-electron chi connectivity index (χ4n) is 4.05. The first-order valence-corrected chi connectivity index (χ1v) is 12.8. The van der Waals surface area contributed by atoms with Crippen LogP contribution in [0.15, 0.2) is 60.0 Å². The molecule has 2 N–H and O–H groups in total. The summed E-state index contributed by atoms with van der Waals surface area (Å²) < 4.78 is 39.7. The van der Waals surface area contributed by atoms with E-state index in [0.717, 1.165) is 24.4 Å². The first kappa shape index (κ1) is 29.9. The molecule has 0 bridgehead atoms. The van der Waals surface area contributed by atoms with Crippen molar-refractivity contribution >= 4 is 40.0 Å². The third kappa shape index (κ3) is 6.63. The van der Waals surface area contributed by atoms with Gasteiger partial charge in [-0.3, -0.25) is 14.2 Å². The highest BCUT2D eigenvalue weighted by Crippen LogP contribution is 2.38. The number of methoxy groups -OCH3 is 1. The Labute approximate surface area is 241 Å². The van der Waals surface area contributed by atoms with Gasteiger partial charge in [-0.15, -0.1) is 0 Å². The number of fused-ring (bicyclic) bond motifs is 1. The molecule has 0 saturated heterocycles. The van der Waals surface area contributed by atoms with Gasteiger partial charge in [-0.2, -0.15) is 4.98 Å². The van der Waals surface area contributed by atoms with E-state index in [1.807, 2.05) is 30.9 Å². The van der Waals surface area contributed by atoms with Crippen LogP contribution in [0.2, 0.25) is 0 Å². The average Bonchev–Trinajstić information content (AvgIpc) is 2.96. The number of amides is 1. The molecule has 2 aromatic carbocycles. The van der Waals surface area contributed by atoms with Gasteiger partial charge in [-0.05, 0) is 44.4 Å². The molecule has 220 valence electrons. The summed E-state index contributed by atoms with van der Waals surface area (Å²) in [7, 11) is 8.85. The number of benzene rings is 2. The number of rotatable bonds is 11. The van der Waals surface area contributed by atoms with Gasteiger partial charge in [0.2, 0.25) is 11.9 Å². The van der Waals surface area contributed by atoms with Crippen molar-refractivity contribution in [3.63, 3.8) is 0 Å². The van der Waals surface area contributed by atoms with Crippen molar-refractivity contribution in [3.05, 3.63) is 77.2 Å². The molecule has 0 aliphatic heterocycles. The Bertz CT molecular complexity index is 1710. The maximum Gasteiger partial charge on any atom is 0.294 e. The summed E-state index contributed by atoms with van der Waals surface area (Å²) in [5.74, 6) is -1.97. The number of hydrogen-bond acceptors (Lipinski definition) is 9. The van der Waals surface area contributed by atoms with Crippen LogP contribution in [0.3, 0.4) is 0 Å². The third-order valence-electron chi connectivity index (χ3n) is 6.33. The first-order chi connectivity index (χ1) is 20.0. The van der Waals surface area contributed by atoms with Crippen LogP contribution in [0.1, 0.15) is 0 Å². The molecule has 4 rings (SSSR count). The molecular weight excluding hydrogens is 548 g/mol. The molecule has 13 heteroatoms. The third-order valence-corrected chi connectivity index (χ3v) is 6.33. The monoisotopic (exact) mass is 579 g/mol. The zero-order valence-corrected chi connectivity index (χ0v) is 23.9. The number of pyridine rings is 1. The lowest BCUT2D eigenvalue weighted by atomic mass is 10.2. The lowest BCUT2D eigenvalue weighted by molar-refractivity contribution is -0.111. The Morgan fingerprint density at radius 3 is 2.50 bits per heavy atom. The zero-order valence-electron chi connectivity index (χ0n) is 23.9. The highest BCUT2D eigenvalue weighted by Gasteiger charge is 2.18. The molecule has 0 fully saturated rings. The minimum absolute atomic E-state index is 0.142. The highest BCUT2D eigenvalue weighted by atomic mass is 19.1. The normalized spacial score (nSPS) is 11.0.